The summed E-state index contributed by atoms with van der Waals surface area (Å²) in [4.78, 5) is 60.1. The van der Waals surface area contributed by atoms with Crippen molar-refractivity contribution in [3.05, 3.63) is 108 Å². The average molecular weight is 731 g/mol. The number of carbonyl (C=O) groups is 4. The van der Waals surface area contributed by atoms with Gasteiger partial charge in [0, 0.05) is 52.4 Å². The van der Waals surface area contributed by atoms with Gasteiger partial charge >= 0.3 is 23.9 Å². The first-order valence-electron chi connectivity index (χ1n) is 18.2. The zero-order valence-electron chi connectivity index (χ0n) is 31.3. The van der Waals surface area contributed by atoms with Gasteiger partial charge in [0.25, 0.3) is 0 Å². The van der Waals surface area contributed by atoms with Gasteiger partial charge in [0.1, 0.15) is 25.4 Å². The maximum atomic E-state index is 13.1. The molecule has 0 radical (unpaired) electrons. The molecule has 1 heterocycles. The largest absolute Gasteiger partial charge is 0.460 e. The van der Waals surface area contributed by atoms with Crippen LogP contribution in [0.15, 0.2) is 91.0 Å². The van der Waals surface area contributed by atoms with Gasteiger partial charge < -0.3 is 18.9 Å². The Bertz CT molecular complexity index is 1480. The molecule has 4 rings (SSSR count). The van der Waals surface area contributed by atoms with Gasteiger partial charge in [-0.25, -0.2) is 0 Å². The first-order chi connectivity index (χ1) is 25.5. The van der Waals surface area contributed by atoms with Crippen LogP contribution in [-0.2, 0) is 57.9 Å². The van der Waals surface area contributed by atoms with E-state index in [-0.39, 0.29) is 69.9 Å². The second-order valence-electron chi connectivity index (χ2n) is 14.1. The summed E-state index contributed by atoms with van der Waals surface area (Å²) in [5.74, 6) is -1.46. The van der Waals surface area contributed by atoms with Gasteiger partial charge in [0.2, 0.25) is 0 Å². The Balaban J connectivity index is 1.46. The molecule has 1 fully saturated rings. The van der Waals surface area contributed by atoms with Crippen LogP contribution >= 0.6 is 0 Å². The molecule has 0 unspecified atom stereocenters. The van der Waals surface area contributed by atoms with E-state index >= 15 is 0 Å². The van der Waals surface area contributed by atoms with Crippen LogP contribution in [-0.4, -0.2) is 128 Å². The molecule has 3 aromatic carbocycles. The highest BCUT2D eigenvalue weighted by Gasteiger charge is 2.24. The number of ether oxygens (including phenoxy) is 4. The van der Waals surface area contributed by atoms with E-state index in [9.17, 15) is 19.2 Å². The van der Waals surface area contributed by atoms with Crippen molar-refractivity contribution in [1.82, 2.24) is 19.6 Å². The highest BCUT2D eigenvalue weighted by molar-refractivity contribution is 5.73. The zero-order valence-corrected chi connectivity index (χ0v) is 31.3. The number of carbonyl (C=O) groups excluding carboxylic acids is 4. The number of nitrogens with zero attached hydrogens (tertiary/aromatic N) is 4. The van der Waals surface area contributed by atoms with Crippen molar-refractivity contribution in [2.45, 2.75) is 46.2 Å². The van der Waals surface area contributed by atoms with Crippen molar-refractivity contribution < 1.29 is 38.1 Å². The van der Waals surface area contributed by atoms with Crippen LogP contribution in [0.5, 0.6) is 0 Å². The van der Waals surface area contributed by atoms with Crippen molar-refractivity contribution >= 4 is 23.9 Å². The molecule has 0 spiro atoms. The summed E-state index contributed by atoms with van der Waals surface area (Å²) in [6, 6.07) is 28.5. The van der Waals surface area contributed by atoms with E-state index in [4.69, 9.17) is 18.9 Å². The number of hydrogen-bond acceptors (Lipinski definition) is 12. The fraction of sp³-hybridized carbons (Fsp3) is 0.463. The molecule has 0 atom stereocenters. The topological polar surface area (TPSA) is 118 Å². The second-order valence-corrected chi connectivity index (χ2v) is 14.1. The fourth-order valence-corrected chi connectivity index (χ4v) is 5.67. The van der Waals surface area contributed by atoms with Gasteiger partial charge in [-0.2, -0.15) is 0 Å². The maximum Gasteiger partial charge on any atom is 0.320 e. The molecule has 3 aromatic rings. The van der Waals surface area contributed by atoms with Gasteiger partial charge in [-0.1, -0.05) is 91.0 Å². The monoisotopic (exact) mass is 730 g/mol. The molecule has 0 aromatic heterocycles. The molecular weight excluding hydrogens is 676 g/mol. The van der Waals surface area contributed by atoms with Crippen LogP contribution in [0.3, 0.4) is 0 Å². The third-order valence-corrected chi connectivity index (χ3v) is 8.49. The van der Waals surface area contributed by atoms with E-state index in [1.807, 2.05) is 131 Å². The fourth-order valence-electron chi connectivity index (χ4n) is 5.67. The van der Waals surface area contributed by atoms with Crippen LogP contribution < -0.4 is 0 Å². The van der Waals surface area contributed by atoms with Crippen molar-refractivity contribution in [3.8, 4) is 0 Å². The van der Waals surface area contributed by atoms with Crippen LogP contribution in [0.2, 0.25) is 0 Å². The van der Waals surface area contributed by atoms with Crippen LogP contribution in [0, 0.1) is 0 Å². The van der Waals surface area contributed by atoms with Crippen molar-refractivity contribution in [1.29, 1.82) is 0 Å². The minimum atomic E-state index is -0.640. The number of rotatable bonds is 14. The van der Waals surface area contributed by atoms with Gasteiger partial charge in [-0.05, 0) is 37.5 Å². The molecule has 12 heteroatoms. The quantitative estimate of drug-likeness (QED) is 0.178. The third-order valence-electron chi connectivity index (χ3n) is 8.49. The van der Waals surface area contributed by atoms with Crippen molar-refractivity contribution in [2.24, 2.45) is 0 Å². The van der Waals surface area contributed by atoms with E-state index in [0.29, 0.717) is 52.4 Å². The Hall–Kier alpha value is -4.62. The van der Waals surface area contributed by atoms with Gasteiger partial charge in [-0.15, -0.1) is 0 Å². The lowest BCUT2D eigenvalue weighted by Crippen LogP contribution is -2.49. The minimum Gasteiger partial charge on any atom is -0.460 e. The molecular formula is C41H54N4O8. The third kappa shape index (κ3) is 17.2. The number of benzene rings is 3. The lowest BCUT2D eigenvalue weighted by Gasteiger charge is -2.33. The van der Waals surface area contributed by atoms with E-state index in [1.54, 1.807) is 0 Å². The first kappa shape index (κ1) is 41.1. The van der Waals surface area contributed by atoms with E-state index in [0.717, 1.165) is 16.7 Å². The van der Waals surface area contributed by atoms with Crippen molar-refractivity contribution in [3.63, 3.8) is 0 Å². The molecule has 1 saturated heterocycles. The average Bonchev–Trinajstić information content (AvgIpc) is 3.13. The van der Waals surface area contributed by atoms with E-state index in [2.05, 4.69) is 0 Å². The summed E-state index contributed by atoms with van der Waals surface area (Å²) >= 11 is 0. The Labute approximate surface area is 313 Å². The summed E-state index contributed by atoms with van der Waals surface area (Å²) < 4.78 is 22.5. The Morgan fingerprint density at radius 2 is 0.679 bits per heavy atom. The van der Waals surface area contributed by atoms with E-state index < -0.39 is 5.60 Å². The van der Waals surface area contributed by atoms with E-state index in [1.165, 1.54) is 0 Å². The molecule has 0 N–H and O–H groups in total. The first-order valence-corrected chi connectivity index (χ1v) is 18.2. The Morgan fingerprint density at radius 1 is 0.434 bits per heavy atom. The van der Waals surface area contributed by atoms with Gasteiger partial charge in [0.15, 0.2) is 0 Å². The smallest absolute Gasteiger partial charge is 0.320 e. The zero-order chi connectivity index (χ0) is 37.9. The lowest BCUT2D eigenvalue weighted by atomic mass is 10.2. The summed E-state index contributed by atoms with van der Waals surface area (Å²) in [7, 11) is 0. The number of esters is 4. The summed E-state index contributed by atoms with van der Waals surface area (Å²) in [5, 5.41) is 0. The predicted molar refractivity (Wildman–Crippen MR) is 200 cm³/mol. The summed E-state index contributed by atoms with van der Waals surface area (Å²) in [6.45, 7) is 9.77. The maximum absolute atomic E-state index is 13.1. The Kier molecular flexibility index (Phi) is 16.9. The molecule has 1 aliphatic rings. The van der Waals surface area contributed by atoms with Gasteiger partial charge in [0.05, 0.1) is 26.2 Å². The molecule has 53 heavy (non-hydrogen) atoms. The van der Waals surface area contributed by atoms with Crippen LogP contribution in [0.25, 0.3) is 0 Å². The van der Waals surface area contributed by atoms with Crippen LogP contribution in [0.1, 0.15) is 37.5 Å². The van der Waals surface area contributed by atoms with Crippen LogP contribution in [0.4, 0.5) is 0 Å². The summed E-state index contributed by atoms with van der Waals surface area (Å²) in [5.41, 5.74) is 2.04. The molecule has 0 amide bonds. The molecule has 1 aliphatic heterocycles. The molecule has 12 nitrogen and oxygen atoms in total. The Morgan fingerprint density at radius 3 is 0.925 bits per heavy atom. The molecule has 0 saturated carbocycles. The second kappa shape index (κ2) is 21.8. The predicted octanol–water partition coefficient (Wildman–Crippen LogP) is 3.78. The lowest BCUT2D eigenvalue weighted by molar-refractivity contribution is -0.156. The minimum absolute atomic E-state index is 0.0379. The standard InChI is InChI=1S/C41H54N4O8/c1-41(2,3)53-40(49)30-45-25-23-43(28-38(47)51-32-35-15-9-5-10-16-35)21-19-42(27-37(46)50-31-34-13-7-4-8-14-34)20-22-44(24-26-45)29-39(48)52-33-36-17-11-6-12-18-36/h4-18H,19-33H2,1-3H3. The molecule has 0 aliphatic carbocycles. The highest BCUT2D eigenvalue weighted by atomic mass is 16.6. The van der Waals surface area contributed by atoms with Gasteiger partial charge in [-0.3, -0.25) is 38.8 Å². The van der Waals surface area contributed by atoms with Crippen molar-refractivity contribution in [2.75, 3.05) is 78.5 Å². The number of hydrogen-bond donors (Lipinski definition) is 0. The molecule has 286 valence electrons. The SMILES string of the molecule is CC(C)(C)OC(=O)CN1CCN(CC(=O)OCc2ccccc2)CCN(CC(=O)OCc2ccccc2)CCN(CC(=O)OCc2ccccc2)CC1. The molecule has 0 bridgehead atoms. The normalized spacial score (nSPS) is 15.8. The highest BCUT2D eigenvalue weighted by Crippen LogP contribution is 2.10. The summed E-state index contributed by atoms with van der Waals surface area (Å²) in [6.07, 6.45) is 0.